The number of benzene rings is 2. The van der Waals surface area contributed by atoms with Crippen LogP contribution in [-0.2, 0) is 9.53 Å². The first-order valence-corrected chi connectivity index (χ1v) is 13.9. The molecule has 0 fully saturated rings. The van der Waals surface area contributed by atoms with Crippen LogP contribution < -0.4 is 33.8 Å². The van der Waals surface area contributed by atoms with Crippen molar-refractivity contribution in [2.45, 2.75) is 26.8 Å². The van der Waals surface area contributed by atoms with E-state index in [1.165, 1.54) is 30.1 Å². The highest BCUT2D eigenvalue weighted by atomic mass is 35.5. The Hall–Kier alpha value is -4.20. The summed E-state index contributed by atoms with van der Waals surface area (Å²) in [6.07, 6.45) is 7.02. The van der Waals surface area contributed by atoms with Crippen molar-refractivity contribution in [3.05, 3.63) is 77.4 Å². The molecule has 1 aliphatic rings. The summed E-state index contributed by atoms with van der Waals surface area (Å²) < 4.78 is 29.4. The molecule has 0 bridgehead atoms. The van der Waals surface area contributed by atoms with E-state index in [0.717, 1.165) is 0 Å². The smallest absolute Gasteiger partial charge is 0.338 e. The van der Waals surface area contributed by atoms with Gasteiger partial charge in [0.25, 0.3) is 5.56 Å². The number of aromatic nitrogens is 1. The lowest BCUT2D eigenvalue weighted by Crippen LogP contribution is -2.40. The van der Waals surface area contributed by atoms with Gasteiger partial charge >= 0.3 is 5.97 Å². The summed E-state index contributed by atoms with van der Waals surface area (Å²) in [4.78, 5) is 32.2. The van der Waals surface area contributed by atoms with Gasteiger partial charge in [-0.05, 0) is 62.2 Å². The minimum atomic E-state index is -0.811. The molecular weight excluding hydrogens is 568 g/mol. The predicted octanol–water partition coefficient (Wildman–Crippen LogP) is 3.88. The molecule has 0 spiro atoms. The molecule has 1 aliphatic heterocycles. The third-order valence-electron chi connectivity index (χ3n) is 6.17. The Balaban J connectivity index is 1.93. The Morgan fingerprint density at radius 1 is 1.12 bits per heavy atom. The van der Waals surface area contributed by atoms with Crippen molar-refractivity contribution in [1.82, 2.24) is 4.57 Å². The van der Waals surface area contributed by atoms with Crippen LogP contribution in [-0.4, -0.2) is 44.6 Å². The van der Waals surface area contributed by atoms with Crippen LogP contribution in [0.15, 0.2) is 51.4 Å². The van der Waals surface area contributed by atoms with Gasteiger partial charge in [0.15, 0.2) is 27.8 Å². The number of nitrogens with zero attached hydrogens (tertiary/aromatic N) is 2. The third kappa shape index (κ3) is 5.97. The zero-order valence-corrected chi connectivity index (χ0v) is 24.9. The molecule has 0 N–H and O–H groups in total. The molecule has 9 nitrogen and oxygen atoms in total. The quantitative estimate of drug-likeness (QED) is 0.259. The summed E-state index contributed by atoms with van der Waals surface area (Å²) in [5.41, 5.74) is 1.61. The van der Waals surface area contributed by atoms with Gasteiger partial charge in [0.05, 0.1) is 54.3 Å². The fraction of sp³-hybridized carbons (Fsp3) is 0.300. The summed E-state index contributed by atoms with van der Waals surface area (Å²) in [6.45, 7) is 5.84. The molecule has 41 heavy (non-hydrogen) atoms. The molecular formula is C30H29ClN2O7S. The molecule has 214 valence electrons. The van der Waals surface area contributed by atoms with E-state index in [1.54, 1.807) is 50.3 Å². The number of terminal acetylenes is 1. The zero-order valence-electron chi connectivity index (χ0n) is 23.3. The van der Waals surface area contributed by atoms with Crippen molar-refractivity contribution < 1.29 is 28.5 Å². The Morgan fingerprint density at radius 3 is 2.54 bits per heavy atom. The van der Waals surface area contributed by atoms with E-state index in [4.69, 9.17) is 41.7 Å². The van der Waals surface area contributed by atoms with E-state index in [2.05, 4.69) is 10.9 Å². The van der Waals surface area contributed by atoms with Gasteiger partial charge < -0.3 is 23.7 Å². The van der Waals surface area contributed by atoms with Crippen LogP contribution in [0.4, 0.5) is 0 Å². The predicted molar refractivity (Wildman–Crippen MR) is 157 cm³/mol. The van der Waals surface area contributed by atoms with Gasteiger partial charge in [-0.2, -0.15) is 0 Å². The number of ether oxygens (including phenoxy) is 5. The minimum absolute atomic E-state index is 0.0238. The fourth-order valence-corrected chi connectivity index (χ4v) is 5.79. The van der Waals surface area contributed by atoms with E-state index >= 15 is 0 Å². The Kier molecular flexibility index (Phi) is 9.42. The van der Waals surface area contributed by atoms with Gasteiger partial charge in [0.2, 0.25) is 0 Å². The topological polar surface area (TPSA) is 97.6 Å². The Labute approximate surface area is 246 Å². The highest BCUT2D eigenvalue weighted by Gasteiger charge is 2.34. The van der Waals surface area contributed by atoms with Gasteiger partial charge in [0, 0.05) is 0 Å². The number of fused-ring (bicyclic) bond motifs is 1. The molecule has 0 radical (unpaired) electrons. The fourth-order valence-electron chi connectivity index (χ4n) is 4.47. The third-order valence-corrected chi connectivity index (χ3v) is 7.43. The summed E-state index contributed by atoms with van der Waals surface area (Å²) in [5.74, 6) is 3.55. The van der Waals surface area contributed by atoms with E-state index in [-0.39, 0.29) is 29.4 Å². The molecule has 1 aromatic heterocycles. The summed E-state index contributed by atoms with van der Waals surface area (Å²) in [6, 6.07) is 7.82. The van der Waals surface area contributed by atoms with Crippen LogP contribution in [0.1, 0.15) is 37.9 Å². The monoisotopic (exact) mass is 596 g/mol. The van der Waals surface area contributed by atoms with E-state index in [1.807, 2.05) is 6.92 Å². The second-order valence-electron chi connectivity index (χ2n) is 8.67. The van der Waals surface area contributed by atoms with E-state index in [0.29, 0.717) is 55.8 Å². The molecule has 3 aromatic rings. The number of carbonyl (C=O) groups excluding carboxylic acids is 1. The van der Waals surface area contributed by atoms with Crippen LogP contribution in [0.2, 0.25) is 5.02 Å². The molecule has 2 heterocycles. The average molecular weight is 597 g/mol. The molecule has 4 rings (SSSR count). The normalized spacial score (nSPS) is 14.6. The molecule has 11 heteroatoms. The second kappa shape index (κ2) is 13.0. The molecule has 2 aromatic carbocycles. The van der Waals surface area contributed by atoms with Crippen LogP contribution in [0.3, 0.4) is 0 Å². The second-order valence-corrected chi connectivity index (χ2v) is 10.1. The first kappa shape index (κ1) is 29.8. The number of thiazole rings is 1. The lowest BCUT2D eigenvalue weighted by molar-refractivity contribution is -0.139. The first-order chi connectivity index (χ1) is 19.8. The Morgan fingerprint density at radius 2 is 1.88 bits per heavy atom. The van der Waals surface area contributed by atoms with Crippen molar-refractivity contribution in [3.8, 4) is 35.3 Å². The highest BCUT2D eigenvalue weighted by molar-refractivity contribution is 7.07. The maximum absolute atomic E-state index is 14.0. The SMILES string of the molecule is C#CCOc1c(Cl)cc(C=c2sc3n(c2=O)C(c2ccc(OC)c(OC)c2)C(C(=O)OCC)=C(C)N=3)cc1OCC. The number of hydrogen-bond acceptors (Lipinski definition) is 9. The lowest BCUT2D eigenvalue weighted by atomic mass is 9.95. The molecule has 0 saturated heterocycles. The standard InChI is InChI=1S/C30H29ClN2O7S/c1-7-12-40-27-20(31)13-18(14-23(27)38-8-2)15-24-28(34)33-26(19-10-11-21(36-5)22(16-19)37-6)25(29(35)39-9-3)17(4)32-30(33)41-24/h1,10-11,13-16,26H,8-9,12H2,2-6H3. The average Bonchev–Trinajstić information content (AvgIpc) is 3.25. The number of hydrogen-bond donors (Lipinski definition) is 0. The number of halogens is 1. The van der Waals surface area contributed by atoms with Crippen molar-refractivity contribution >= 4 is 35.0 Å². The van der Waals surface area contributed by atoms with Crippen LogP contribution in [0, 0.1) is 12.3 Å². The number of rotatable bonds is 10. The number of methoxy groups -OCH3 is 2. The summed E-state index contributed by atoms with van der Waals surface area (Å²) >= 11 is 7.69. The first-order valence-electron chi connectivity index (χ1n) is 12.7. The summed E-state index contributed by atoms with van der Waals surface area (Å²) in [7, 11) is 3.05. The van der Waals surface area contributed by atoms with Gasteiger partial charge in [-0.25, -0.2) is 9.79 Å². The molecule has 1 atom stereocenters. The van der Waals surface area contributed by atoms with Crippen LogP contribution in [0.5, 0.6) is 23.0 Å². The van der Waals surface area contributed by atoms with Crippen molar-refractivity contribution in [2.75, 3.05) is 34.0 Å². The molecule has 0 amide bonds. The minimum Gasteiger partial charge on any atom is -0.493 e. The van der Waals surface area contributed by atoms with Crippen molar-refractivity contribution in [2.24, 2.45) is 4.99 Å². The van der Waals surface area contributed by atoms with E-state index in [9.17, 15) is 9.59 Å². The lowest BCUT2D eigenvalue weighted by Gasteiger charge is -2.25. The molecule has 0 aliphatic carbocycles. The summed E-state index contributed by atoms with van der Waals surface area (Å²) in [5, 5.41) is 0.286. The Bertz CT molecular complexity index is 1730. The van der Waals surface area contributed by atoms with Gasteiger partial charge in [-0.15, -0.1) is 6.42 Å². The van der Waals surface area contributed by atoms with Gasteiger partial charge in [-0.1, -0.05) is 34.9 Å². The van der Waals surface area contributed by atoms with Crippen LogP contribution in [0.25, 0.3) is 6.08 Å². The van der Waals surface area contributed by atoms with Crippen molar-refractivity contribution in [1.29, 1.82) is 0 Å². The molecule has 1 unspecified atom stereocenters. The number of carbonyl (C=O) groups is 1. The van der Waals surface area contributed by atoms with E-state index < -0.39 is 12.0 Å². The number of esters is 1. The maximum atomic E-state index is 14.0. The zero-order chi connectivity index (χ0) is 29.7. The van der Waals surface area contributed by atoms with Gasteiger partial charge in [0.1, 0.15) is 6.61 Å². The van der Waals surface area contributed by atoms with Gasteiger partial charge in [-0.3, -0.25) is 9.36 Å². The maximum Gasteiger partial charge on any atom is 0.338 e. The van der Waals surface area contributed by atoms with Crippen molar-refractivity contribution in [3.63, 3.8) is 0 Å². The number of allylic oxidation sites excluding steroid dienone is 1. The van der Waals surface area contributed by atoms with Crippen LogP contribution >= 0.6 is 22.9 Å². The highest BCUT2D eigenvalue weighted by Crippen LogP contribution is 2.38. The molecule has 0 saturated carbocycles. The largest absolute Gasteiger partial charge is 0.493 e.